The number of nitrogens with one attached hydrogen (secondary N) is 1. The minimum absolute atomic E-state index is 0.160. The summed E-state index contributed by atoms with van der Waals surface area (Å²) in [7, 11) is 0. The first-order chi connectivity index (χ1) is 21.7. The van der Waals surface area contributed by atoms with E-state index < -0.39 is 65.9 Å². The lowest BCUT2D eigenvalue weighted by atomic mass is 9.92. The molecule has 0 spiro atoms. The first-order valence-electron chi connectivity index (χ1n) is 16.6. The summed E-state index contributed by atoms with van der Waals surface area (Å²) in [6.07, 6.45) is 8.66. The zero-order valence-electron chi connectivity index (χ0n) is 26.5. The third kappa shape index (κ3) is 10.7. The summed E-state index contributed by atoms with van der Waals surface area (Å²) in [4.78, 5) is 57.4. The van der Waals surface area contributed by atoms with Crippen LogP contribution in [0.25, 0.3) is 0 Å². The van der Waals surface area contributed by atoms with Gasteiger partial charge in [0.2, 0.25) is 5.91 Å². The average molecular weight is 640 g/mol. The van der Waals surface area contributed by atoms with E-state index in [1.165, 1.54) is 62.9 Å². The maximum absolute atomic E-state index is 12.9. The third-order valence-corrected chi connectivity index (χ3v) is 8.57. The van der Waals surface area contributed by atoms with Crippen LogP contribution in [0.5, 0.6) is 0 Å². The lowest BCUT2D eigenvalue weighted by molar-refractivity contribution is -0.232. The van der Waals surface area contributed by atoms with E-state index in [0.29, 0.717) is 19.4 Å². The van der Waals surface area contributed by atoms with E-state index in [0.717, 1.165) is 36.1 Å². The van der Waals surface area contributed by atoms with Gasteiger partial charge in [0.1, 0.15) is 30.3 Å². The van der Waals surface area contributed by atoms with Crippen molar-refractivity contribution in [2.75, 3.05) is 13.1 Å². The van der Waals surface area contributed by atoms with Gasteiger partial charge in [0, 0.05) is 25.2 Å². The predicted molar refractivity (Wildman–Crippen MR) is 165 cm³/mol. The summed E-state index contributed by atoms with van der Waals surface area (Å²) in [6, 6.07) is 1.07. The topological polar surface area (TPSA) is 212 Å². The Morgan fingerprint density at radius 2 is 1.51 bits per heavy atom. The van der Waals surface area contributed by atoms with Crippen LogP contribution in [-0.2, 0) is 23.9 Å². The molecule has 1 amide bonds. The molecule has 0 aromatic carbocycles. The average Bonchev–Trinajstić information content (AvgIpc) is 3.50. The number of aromatic amines is 1. The van der Waals surface area contributed by atoms with Crippen LogP contribution in [0.4, 0.5) is 0 Å². The highest BCUT2D eigenvalue weighted by Crippen LogP contribution is 2.39. The molecule has 2 aliphatic rings. The Balaban J connectivity index is 1.52. The zero-order chi connectivity index (χ0) is 32.8. The summed E-state index contributed by atoms with van der Waals surface area (Å²) in [5.74, 6) is -2.62. The number of rotatable bonds is 21. The Hall–Kier alpha value is -2.62. The molecule has 1 aromatic rings. The van der Waals surface area contributed by atoms with Gasteiger partial charge in [0.05, 0.1) is 0 Å². The summed E-state index contributed by atoms with van der Waals surface area (Å²) in [6.45, 7) is 2.72. The minimum Gasteiger partial charge on any atom is -0.443 e. The van der Waals surface area contributed by atoms with Gasteiger partial charge in [-0.3, -0.25) is 28.8 Å². The molecule has 3 rings (SSSR count). The summed E-state index contributed by atoms with van der Waals surface area (Å²) in [5.41, 5.74) is 9.92. The molecule has 0 radical (unpaired) electrons. The van der Waals surface area contributed by atoms with Crippen molar-refractivity contribution in [1.82, 2.24) is 14.6 Å². The van der Waals surface area contributed by atoms with Crippen LogP contribution in [0.2, 0.25) is 0 Å². The van der Waals surface area contributed by atoms with Crippen molar-refractivity contribution in [3.05, 3.63) is 33.1 Å². The smallest absolute Gasteiger partial charge is 0.330 e. The van der Waals surface area contributed by atoms with E-state index in [4.69, 9.17) is 25.8 Å². The molecule has 0 aliphatic carbocycles. The number of hydrogen-bond donors (Lipinski definition) is 5. The number of hydroxylamine groups is 2. The number of amides is 1. The van der Waals surface area contributed by atoms with Gasteiger partial charge >= 0.3 is 11.7 Å². The first-order valence-corrected chi connectivity index (χ1v) is 16.6. The molecule has 7 N–H and O–H groups in total. The number of ether oxygens (including phenoxy) is 2. The van der Waals surface area contributed by atoms with Gasteiger partial charge in [-0.05, 0) is 19.4 Å². The van der Waals surface area contributed by atoms with E-state index in [1.807, 2.05) is 0 Å². The number of primary amides is 1. The van der Waals surface area contributed by atoms with E-state index in [9.17, 15) is 29.4 Å². The molecule has 0 saturated carbocycles. The van der Waals surface area contributed by atoms with Gasteiger partial charge in [-0.25, -0.2) is 4.79 Å². The SMILES string of the molecule is CCCCCCCCCCCCCCCC(=O)O[C@H]1[C@@H](C(N)=O)[C@@H]([C@H]2O[C@@H](n3ccc(=O)[nH]c3=O)[C@H](O)[C@@H]2O)ON1CCCN. The number of aliphatic hydroxyl groups excluding tert-OH is 2. The Morgan fingerprint density at radius 3 is 2.07 bits per heavy atom. The number of unbranched alkanes of at least 4 members (excludes halogenated alkanes) is 12. The number of H-pyrrole nitrogens is 1. The van der Waals surface area contributed by atoms with Crippen LogP contribution in [-0.4, -0.2) is 80.4 Å². The van der Waals surface area contributed by atoms with Crippen LogP contribution in [0.1, 0.15) is 109 Å². The molecular formula is C31H53N5O9. The fraction of sp³-hybridized carbons (Fsp3) is 0.806. The fourth-order valence-corrected chi connectivity index (χ4v) is 6.04. The summed E-state index contributed by atoms with van der Waals surface area (Å²) >= 11 is 0. The molecular weight excluding hydrogens is 586 g/mol. The number of carbonyl (C=O) groups is 2. The Labute approximate surface area is 264 Å². The molecule has 14 heteroatoms. The van der Waals surface area contributed by atoms with Gasteiger partial charge in [-0.15, -0.1) is 5.06 Å². The Bertz CT molecular complexity index is 1160. The second-order valence-electron chi connectivity index (χ2n) is 12.1. The first kappa shape index (κ1) is 36.8. The molecule has 2 saturated heterocycles. The van der Waals surface area contributed by atoms with Crippen molar-refractivity contribution in [2.24, 2.45) is 17.4 Å². The summed E-state index contributed by atoms with van der Waals surface area (Å²) < 4.78 is 12.5. The Kier molecular flexibility index (Phi) is 15.7. The maximum atomic E-state index is 12.9. The number of esters is 1. The molecule has 0 bridgehead atoms. The quantitative estimate of drug-likeness (QED) is 0.0962. The number of nitrogens with zero attached hydrogens (tertiary/aromatic N) is 2. The molecule has 1 aromatic heterocycles. The van der Waals surface area contributed by atoms with Crippen LogP contribution in [0, 0.1) is 5.92 Å². The largest absolute Gasteiger partial charge is 0.443 e. The molecule has 2 aliphatic heterocycles. The monoisotopic (exact) mass is 639 g/mol. The highest BCUT2D eigenvalue weighted by molar-refractivity contribution is 5.79. The lowest BCUT2D eigenvalue weighted by Gasteiger charge is -2.25. The van der Waals surface area contributed by atoms with E-state index in [-0.39, 0.29) is 13.0 Å². The van der Waals surface area contributed by atoms with E-state index in [2.05, 4.69) is 11.9 Å². The van der Waals surface area contributed by atoms with Crippen LogP contribution < -0.4 is 22.7 Å². The van der Waals surface area contributed by atoms with Crippen LogP contribution in [0.3, 0.4) is 0 Å². The second-order valence-corrected chi connectivity index (χ2v) is 12.1. The van der Waals surface area contributed by atoms with Crippen molar-refractivity contribution in [1.29, 1.82) is 0 Å². The fourth-order valence-electron chi connectivity index (χ4n) is 6.04. The van der Waals surface area contributed by atoms with Crippen molar-refractivity contribution in [2.45, 2.75) is 140 Å². The minimum atomic E-state index is -1.61. The van der Waals surface area contributed by atoms with Crippen molar-refractivity contribution in [3.8, 4) is 0 Å². The summed E-state index contributed by atoms with van der Waals surface area (Å²) in [5, 5.41) is 22.9. The number of aliphatic hydroxyl groups is 2. The second kappa shape index (κ2) is 19.1. The highest BCUT2D eigenvalue weighted by atomic mass is 16.7. The van der Waals surface area contributed by atoms with Gasteiger partial charge in [-0.2, -0.15) is 0 Å². The number of nitrogens with two attached hydrogens (primary N) is 2. The molecule has 14 nitrogen and oxygen atoms in total. The number of hydrogen-bond acceptors (Lipinski definition) is 11. The van der Waals surface area contributed by atoms with E-state index >= 15 is 0 Å². The number of aromatic nitrogens is 2. The molecule has 2 fully saturated rings. The molecule has 45 heavy (non-hydrogen) atoms. The molecule has 256 valence electrons. The van der Waals surface area contributed by atoms with Crippen molar-refractivity contribution >= 4 is 11.9 Å². The standard InChI is InChI=1S/C31H53N5O9/c1-2-3-4-5-6-7-8-9-10-11-12-13-14-16-22(38)43-29-23(28(33)41)26(45-36(29)19-15-18-32)27-24(39)25(40)30(44-27)35-20-17-21(37)34-31(35)42/h17,20,23-27,29-30,39-40H,2-16,18-19,32H2,1H3,(H2,33,41)(H,34,37,42)/t23-,24+,25-,26+,27+,29+,30-/m1/s1. The maximum Gasteiger partial charge on any atom is 0.330 e. The lowest BCUT2D eigenvalue weighted by Crippen LogP contribution is -2.48. The van der Waals surface area contributed by atoms with Gasteiger partial charge in [-0.1, -0.05) is 84.0 Å². The Morgan fingerprint density at radius 1 is 0.911 bits per heavy atom. The zero-order valence-corrected chi connectivity index (χ0v) is 26.5. The number of carbonyl (C=O) groups excluding carboxylic acids is 2. The van der Waals surface area contributed by atoms with Gasteiger partial charge in [0.25, 0.3) is 5.56 Å². The van der Waals surface area contributed by atoms with Crippen molar-refractivity contribution in [3.63, 3.8) is 0 Å². The van der Waals surface area contributed by atoms with Gasteiger partial charge < -0.3 is 31.2 Å². The predicted octanol–water partition coefficient (Wildman–Crippen LogP) is 1.57. The van der Waals surface area contributed by atoms with Crippen LogP contribution >= 0.6 is 0 Å². The van der Waals surface area contributed by atoms with Gasteiger partial charge in [0.15, 0.2) is 12.5 Å². The third-order valence-electron chi connectivity index (χ3n) is 8.57. The normalized spacial score (nSPS) is 26.8. The highest BCUT2D eigenvalue weighted by Gasteiger charge is 2.58. The molecule has 7 atom stereocenters. The van der Waals surface area contributed by atoms with Crippen molar-refractivity contribution < 1.29 is 34.1 Å². The molecule has 0 unspecified atom stereocenters. The molecule has 3 heterocycles. The van der Waals surface area contributed by atoms with E-state index in [1.54, 1.807) is 0 Å². The van der Waals surface area contributed by atoms with Crippen LogP contribution in [0.15, 0.2) is 21.9 Å².